The van der Waals surface area contributed by atoms with Gasteiger partial charge in [-0.25, -0.2) is 0 Å². The van der Waals surface area contributed by atoms with E-state index in [0.717, 1.165) is 38.7 Å². The van der Waals surface area contributed by atoms with Crippen molar-refractivity contribution in [2.75, 3.05) is 6.61 Å². The number of hydrogen-bond acceptors (Lipinski definition) is 1. The lowest BCUT2D eigenvalue weighted by molar-refractivity contribution is -0.0492. The molecule has 0 aliphatic heterocycles. The molecule has 0 spiro atoms. The van der Waals surface area contributed by atoms with Crippen molar-refractivity contribution >= 4 is 0 Å². The third-order valence-electron chi connectivity index (χ3n) is 4.11. The van der Waals surface area contributed by atoms with E-state index in [9.17, 15) is 0 Å². The minimum atomic E-state index is -0.198. The van der Waals surface area contributed by atoms with Crippen LogP contribution in [0, 0.1) is 5.92 Å². The number of rotatable bonds is 10. The van der Waals surface area contributed by atoms with E-state index >= 15 is 0 Å². The van der Waals surface area contributed by atoms with Crippen LogP contribution in [-0.2, 0) is 4.74 Å². The highest BCUT2D eigenvalue weighted by atomic mass is 16.5. The maximum atomic E-state index is 6.33. The molecule has 0 saturated heterocycles. The van der Waals surface area contributed by atoms with E-state index < -0.39 is 0 Å². The molecule has 0 radical (unpaired) electrons. The van der Waals surface area contributed by atoms with Gasteiger partial charge in [-0.15, -0.1) is 19.7 Å². The summed E-state index contributed by atoms with van der Waals surface area (Å²) in [5.74, 6) is 0.352. The maximum absolute atomic E-state index is 6.33. The van der Waals surface area contributed by atoms with E-state index in [1.165, 1.54) is 11.1 Å². The fourth-order valence-electron chi connectivity index (χ4n) is 3.39. The van der Waals surface area contributed by atoms with Crippen molar-refractivity contribution in [3.63, 3.8) is 0 Å². The molecule has 1 aliphatic carbocycles. The summed E-state index contributed by atoms with van der Waals surface area (Å²) in [7, 11) is 0. The molecule has 0 aromatic heterocycles. The zero-order valence-corrected chi connectivity index (χ0v) is 13.7. The Bertz CT molecular complexity index is 419. The Balaban J connectivity index is 3.30. The van der Waals surface area contributed by atoms with Gasteiger partial charge in [0, 0.05) is 12.5 Å². The standard InChI is InChI=1S/C20H30O/c1-6-11-17-15-18(12-7-2)20(14-9-4,21-10-5)19(16-17)13-8-3/h6-8,15-16,18H,1-3,9-14H2,4-5H3. The molecule has 0 aromatic carbocycles. The second-order valence-electron chi connectivity index (χ2n) is 5.60. The van der Waals surface area contributed by atoms with Gasteiger partial charge in [0.1, 0.15) is 0 Å². The topological polar surface area (TPSA) is 9.23 Å². The van der Waals surface area contributed by atoms with E-state index in [-0.39, 0.29) is 5.60 Å². The van der Waals surface area contributed by atoms with Crippen molar-refractivity contribution in [2.24, 2.45) is 5.92 Å². The summed E-state index contributed by atoms with van der Waals surface area (Å²) in [5, 5.41) is 0. The Kier molecular flexibility index (Phi) is 7.45. The first-order chi connectivity index (χ1) is 10.2. The Morgan fingerprint density at radius 2 is 1.86 bits per heavy atom. The monoisotopic (exact) mass is 286 g/mol. The van der Waals surface area contributed by atoms with E-state index in [2.05, 4.69) is 45.7 Å². The first kappa shape index (κ1) is 17.7. The van der Waals surface area contributed by atoms with Crippen LogP contribution < -0.4 is 0 Å². The van der Waals surface area contributed by atoms with Crippen molar-refractivity contribution in [2.45, 2.75) is 51.6 Å². The van der Waals surface area contributed by atoms with Crippen LogP contribution >= 0.6 is 0 Å². The lowest BCUT2D eigenvalue weighted by Gasteiger charge is -2.44. The van der Waals surface area contributed by atoms with Gasteiger partial charge < -0.3 is 4.74 Å². The molecule has 0 saturated carbocycles. The lowest BCUT2D eigenvalue weighted by atomic mass is 9.70. The average Bonchev–Trinajstić information content (AvgIpc) is 2.45. The van der Waals surface area contributed by atoms with E-state index in [1.54, 1.807) is 0 Å². The Labute approximate surface area is 130 Å². The molecule has 2 atom stereocenters. The lowest BCUT2D eigenvalue weighted by Crippen LogP contribution is -2.43. The van der Waals surface area contributed by atoms with Gasteiger partial charge in [0.15, 0.2) is 0 Å². The SMILES string of the molecule is C=CCC1=CC(CC=C)C(CCC)(OCC)C(CC=C)=C1. The minimum Gasteiger partial charge on any atom is -0.370 e. The van der Waals surface area contributed by atoms with Gasteiger partial charge in [0.05, 0.1) is 5.60 Å². The molecule has 0 amide bonds. The molecule has 0 N–H and O–H groups in total. The van der Waals surface area contributed by atoms with Crippen LogP contribution in [0.4, 0.5) is 0 Å². The molecule has 21 heavy (non-hydrogen) atoms. The zero-order chi connectivity index (χ0) is 15.7. The van der Waals surface area contributed by atoms with Gasteiger partial charge in [-0.05, 0) is 43.8 Å². The molecular weight excluding hydrogens is 256 g/mol. The summed E-state index contributed by atoms with van der Waals surface area (Å²) in [6.07, 6.45) is 15.5. The van der Waals surface area contributed by atoms with Crippen molar-refractivity contribution in [3.05, 3.63) is 61.3 Å². The van der Waals surface area contributed by atoms with Gasteiger partial charge in [0.25, 0.3) is 0 Å². The Hall–Kier alpha value is -1.34. The van der Waals surface area contributed by atoms with Crippen molar-refractivity contribution in [1.82, 2.24) is 0 Å². The smallest absolute Gasteiger partial charge is 0.0962 e. The van der Waals surface area contributed by atoms with Gasteiger partial charge in [0.2, 0.25) is 0 Å². The summed E-state index contributed by atoms with van der Waals surface area (Å²) >= 11 is 0. The largest absolute Gasteiger partial charge is 0.370 e. The van der Waals surface area contributed by atoms with Gasteiger partial charge in [-0.2, -0.15) is 0 Å². The molecular formula is C20H30O. The highest BCUT2D eigenvalue weighted by Crippen LogP contribution is 2.44. The van der Waals surface area contributed by atoms with Crippen molar-refractivity contribution in [1.29, 1.82) is 0 Å². The number of ether oxygens (including phenoxy) is 1. The predicted octanol–water partition coefficient (Wildman–Crippen LogP) is 5.77. The summed E-state index contributed by atoms with van der Waals surface area (Å²) in [6, 6.07) is 0. The summed E-state index contributed by atoms with van der Waals surface area (Å²) in [6.45, 7) is 16.8. The first-order valence-corrected chi connectivity index (χ1v) is 8.06. The third-order valence-corrected chi connectivity index (χ3v) is 4.11. The van der Waals surface area contributed by atoms with E-state index in [0.29, 0.717) is 5.92 Å². The predicted molar refractivity (Wildman–Crippen MR) is 93.4 cm³/mol. The molecule has 0 bridgehead atoms. The Morgan fingerprint density at radius 1 is 1.14 bits per heavy atom. The molecule has 0 aromatic rings. The van der Waals surface area contributed by atoms with Crippen LogP contribution in [0.5, 0.6) is 0 Å². The normalized spacial score (nSPS) is 25.0. The summed E-state index contributed by atoms with van der Waals surface area (Å²) in [5.41, 5.74) is 2.49. The van der Waals surface area contributed by atoms with Crippen molar-refractivity contribution < 1.29 is 4.74 Å². The molecule has 0 fully saturated rings. The van der Waals surface area contributed by atoms with Crippen molar-refractivity contribution in [3.8, 4) is 0 Å². The summed E-state index contributed by atoms with van der Waals surface area (Å²) < 4.78 is 6.33. The third kappa shape index (κ3) is 4.07. The highest BCUT2D eigenvalue weighted by molar-refractivity contribution is 5.39. The average molecular weight is 286 g/mol. The summed E-state index contributed by atoms with van der Waals surface area (Å²) in [4.78, 5) is 0. The second-order valence-corrected chi connectivity index (χ2v) is 5.60. The molecule has 116 valence electrons. The first-order valence-electron chi connectivity index (χ1n) is 8.06. The van der Waals surface area contributed by atoms with Crippen LogP contribution in [0.2, 0.25) is 0 Å². The Morgan fingerprint density at radius 3 is 2.38 bits per heavy atom. The molecule has 1 heteroatoms. The quantitative estimate of drug-likeness (QED) is 0.463. The molecule has 0 heterocycles. The zero-order valence-electron chi connectivity index (χ0n) is 13.7. The van der Waals surface area contributed by atoms with Crippen LogP contribution in [-0.4, -0.2) is 12.2 Å². The van der Waals surface area contributed by atoms with Gasteiger partial charge in [-0.1, -0.05) is 43.7 Å². The highest BCUT2D eigenvalue weighted by Gasteiger charge is 2.42. The molecule has 1 rings (SSSR count). The van der Waals surface area contributed by atoms with Gasteiger partial charge >= 0.3 is 0 Å². The second kappa shape index (κ2) is 8.84. The minimum absolute atomic E-state index is 0.198. The van der Waals surface area contributed by atoms with Gasteiger partial charge in [-0.3, -0.25) is 0 Å². The maximum Gasteiger partial charge on any atom is 0.0962 e. The van der Waals surface area contributed by atoms with Crippen LogP contribution in [0.3, 0.4) is 0 Å². The molecule has 1 nitrogen and oxygen atoms in total. The fourth-order valence-corrected chi connectivity index (χ4v) is 3.39. The fraction of sp³-hybridized carbons (Fsp3) is 0.500. The number of hydrogen-bond donors (Lipinski definition) is 0. The molecule has 1 aliphatic rings. The van der Waals surface area contributed by atoms with E-state index in [4.69, 9.17) is 4.74 Å². The molecule has 2 unspecified atom stereocenters. The van der Waals surface area contributed by atoms with Crippen LogP contribution in [0.1, 0.15) is 46.0 Å². The van der Waals surface area contributed by atoms with Crippen LogP contribution in [0.15, 0.2) is 61.3 Å². The number of allylic oxidation sites excluding steroid dienone is 5. The van der Waals surface area contributed by atoms with E-state index in [1.807, 2.05) is 18.2 Å². The van der Waals surface area contributed by atoms with Crippen LogP contribution in [0.25, 0.3) is 0 Å².